The van der Waals surface area contributed by atoms with Crippen LogP contribution in [0.4, 0.5) is 0 Å². The molecule has 0 saturated carbocycles. The van der Waals surface area contributed by atoms with Gasteiger partial charge in [-0.05, 0) is 49.4 Å². The summed E-state index contributed by atoms with van der Waals surface area (Å²) in [4.78, 5) is 15.6. The molecule has 2 aromatic heterocycles. The van der Waals surface area contributed by atoms with Crippen LogP contribution in [-0.2, 0) is 17.9 Å². The number of nitriles is 1. The molecule has 0 unspecified atom stereocenters. The molecule has 2 aromatic rings. The Morgan fingerprint density at radius 2 is 2.23 bits per heavy atom. The number of nitrogens with zero attached hydrogens (tertiary/aromatic N) is 3. The molecule has 0 saturated heterocycles. The van der Waals surface area contributed by atoms with E-state index in [0.29, 0.717) is 13.1 Å². The average molecular weight is 368 g/mol. The van der Waals surface area contributed by atoms with Gasteiger partial charge in [-0.15, -0.1) is 17.9 Å². The first-order valence-electron chi connectivity index (χ1n) is 8.72. The molecule has 1 amide bonds. The Morgan fingerprint density at radius 1 is 1.46 bits per heavy atom. The Bertz CT molecular complexity index is 837. The second-order valence-corrected chi connectivity index (χ2v) is 7.23. The zero-order chi connectivity index (χ0) is 19.1. The molecule has 0 spiro atoms. The minimum Gasteiger partial charge on any atom is -0.349 e. The van der Waals surface area contributed by atoms with Crippen LogP contribution in [-0.4, -0.2) is 21.9 Å². The van der Waals surface area contributed by atoms with Gasteiger partial charge in [-0.1, -0.05) is 19.1 Å². The highest BCUT2D eigenvalue weighted by Crippen LogP contribution is 2.20. The SMILES string of the molecule is C=CCN(Cc1cccs1)C(=O)C(C#N)=Cc1cc(C)n(CCC)c1C. The van der Waals surface area contributed by atoms with Crippen LogP contribution in [0.2, 0.25) is 0 Å². The molecular weight excluding hydrogens is 342 g/mol. The van der Waals surface area contributed by atoms with Gasteiger partial charge in [-0.2, -0.15) is 5.26 Å². The topological polar surface area (TPSA) is 49.0 Å². The maximum absolute atomic E-state index is 12.9. The lowest BCUT2D eigenvalue weighted by Crippen LogP contribution is -2.31. The third-order valence-corrected chi connectivity index (χ3v) is 5.14. The van der Waals surface area contributed by atoms with Gasteiger partial charge in [0.1, 0.15) is 11.6 Å². The van der Waals surface area contributed by atoms with E-state index in [1.54, 1.807) is 28.4 Å². The van der Waals surface area contributed by atoms with Crippen LogP contribution in [0.1, 0.15) is 35.2 Å². The van der Waals surface area contributed by atoms with E-state index < -0.39 is 0 Å². The molecule has 0 atom stereocenters. The lowest BCUT2D eigenvalue weighted by molar-refractivity contribution is -0.126. The normalized spacial score (nSPS) is 11.2. The molecule has 0 aromatic carbocycles. The first-order valence-corrected chi connectivity index (χ1v) is 9.60. The van der Waals surface area contributed by atoms with E-state index in [-0.39, 0.29) is 11.5 Å². The van der Waals surface area contributed by atoms with Crippen LogP contribution >= 0.6 is 11.3 Å². The third-order valence-electron chi connectivity index (χ3n) is 4.27. The van der Waals surface area contributed by atoms with Crippen molar-refractivity contribution < 1.29 is 4.79 Å². The largest absolute Gasteiger partial charge is 0.349 e. The standard InChI is InChI=1S/C21H25N3OS/c1-5-9-23(15-20-8-7-11-26-20)21(25)19(14-22)13-18-12-16(3)24(10-6-2)17(18)4/h5,7-8,11-13H,1,6,9-10,15H2,2-4H3. The number of rotatable bonds is 8. The smallest absolute Gasteiger partial charge is 0.265 e. The van der Waals surface area contributed by atoms with Gasteiger partial charge in [-0.25, -0.2) is 0 Å². The van der Waals surface area contributed by atoms with Crippen molar-refractivity contribution in [2.24, 2.45) is 0 Å². The second kappa shape index (κ2) is 9.21. The fourth-order valence-electron chi connectivity index (χ4n) is 2.97. The highest BCUT2D eigenvalue weighted by molar-refractivity contribution is 7.09. The van der Waals surface area contributed by atoms with Gasteiger partial charge in [0, 0.05) is 29.4 Å². The molecule has 0 radical (unpaired) electrons. The van der Waals surface area contributed by atoms with E-state index in [9.17, 15) is 10.1 Å². The van der Waals surface area contributed by atoms with Gasteiger partial charge < -0.3 is 9.47 Å². The van der Waals surface area contributed by atoms with Crippen LogP contribution in [0.15, 0.2) is 41.8 Å². The first-order chi connectivity index (χ1) is 12.5. The lowest BCUT2D eigenvalue weighted by Gasteiger charge is -2.20. The van der Waals surface area contributed by atoms with E-state index >= 15 is 0 Å². The Hall–Kier alpha value is -2.58. The molecule has 2 heterocycles. The average Bonchev–Trinajstić information content (AvgIpc) is 3.22. The minimum absolute atomic E-state index is 0.153. The predicted molar refractivity (Wildman–Crippen MR) is 108 cm³/mol. The molecule has 0 N–H and O–H groups in total. The molecule has 5 heteroatoms. The highest BCUT2D eigenvalue weighted by atomic mass is 32.1. The van der Waals surface area contributed by atoms with Crippen LogP contribution < -0.4 is 0 Å². The van der Waals surface area contributed by atoms with Gasteiger partial charge in [0.15, 0.2) is 0 Å². The maximum Gasteiger partial charge on any atom is 0.265 e. The summed E-state index contributed by atoms with van der Waals surface area (Å²) in [6, 6.07) is 8.07. The van der Waals surface area contributed by atoms with E-state index in [4.69, 9.17) is 0 Å². The zero-order valence-corrected chi connectivity index (χ0v) is 16.5. The fraction of sp³-hybridized carbons (Fsp3) is 0.333. The quantitative estimate of drug-likeness (QED) is 0.386. The molecule has 0 aliphatic rings. The molecule has 0 bridgehead atoms. The fourth-order valence-corrected chi connectivity index (χ4v) is 3.69. The summed E-state index contributed by atoms with van der Waals surface area (Å²) >= 11 is 1.60. The first kappa shape index (κ1) is 19.7. The van der Waals surface area contributed by atoms with Crippen molar-refractivity contribution in [3.8, 4) is 6.07 Å². The highest BCUT2D eigenvalue weighted by Gasteiger charge is 2.19. The van der Waals surface area contributed by atoms with Gasteiger partial charge in [0.25, 0.3) is 5.91 Å². The predicted octanol–water partition coefficient (Wildman–Crippen LogP) is 4.70. The van der Waals surface area contributed by atoms with Crippen molar-refractivity contribution >= 4 is 23.3 Å². The summed E-state index contributed by atoms with van der Waals surface area (Å²) < 4.78 is 2.22. The summed E-state index contributed by atoms with van der Waals surface area (Å²) in [5.41, 5.74) is 3.30. The number of amides is 1. The Labute approximate surface area is 159 Å². The summed E-state index contributed by atoms with van der Waals surface area (Å²) in [7, 11) is 0. The monoisotopic (exact) mass is 367 g/mol. The molecule has 0 aliphatic carbocycles. The Kier molecular flexibility index (Phi) is 6.99. The summed E-state index contributed by atoms with van der Waals surface area (Å²) in [6.07, 6.45) is 4.44. The van der Waals surface area contributed by atoms with Crippen molar-refractivity contribution in [3.05, 3.63) is 63.6 Å². The Balaban J connectivity index is 2.31. The number of thiophene rings is 1. The van der Waals surface area contributed by atoms with Gasteiger partial charge in [0.05, 0.1) is 6.54 Å². The number of hydrogen-bond donors (Lipinski definition) is 0. The van der Waals surface area contributed by atoms with Crippen LogP contribution in [0.3, 0.4) is 0 Å². The van der Waals surface area contributed by atoms with Crippen molar-refractivity contribution in [2.75, 3.05) is 6.54 Å². The van der Waals surface area contributed by atoms with Crippen LogP contribution in [0.5, 0.6) is 0 Å². The van der Waals surface area contributed by atoms with Crippen molar-refractivity contribution in [1.82, 2.24) is 9.47 Å². The van der Waals surface area contributed by atoms with Crippen LogP contribution in [0, 0.1) is 25.2 Å². The van der Waals surface area contributed by atoms with E-state index in [0.717, 1.165) is 34.8 Å². The van der Waals surface area contributed by atoms with E-state index in [1.807, 2.05) is 30.5 Å². The third kappa shape index (κ3) is 4.53. The van der Waals surface area contributed by atoms with Gasteiger partial charge in [0.2, 0.25) is 0 Å². The number of aromatic nitrogens is 1. The molecule has 26 heavy (non-hydrogen) atoms. The number of aryl methyl sites for hydroxylation is 1. The van der Waals surface area contributed by atoms with E-state index in [1.165, 1.54) is 0 Å². The van der Waals surface area contributed by atoms with Crippen LogP contribution in [0.25, 0.3) is 6.08 Å². The van der Waals surface area contributed by atoms with Crippen molar-refractivity contribution in [1.29, 1.82) is 5.26 Å². The zero-order valence-electron chi connectivity index (χ0n) is 15.7. The number of carbonyl (C=O) groups excluding carboxylic acids is 1. The molecule has 136 valence electrons. The molecule has 0 aliphatic heterocycles. The second-order valence-electron chi connectivity index (χ2n) is 6.20. The van der Waals surface area contributed by atoms with Crippen molar-refractivity contribution in [3.63, 3.8) is 0 Å². The summed E-state index contributed by atoms with van der Waals surface area (Å²) in [5.74, 6) is -0.263. The van der Waals surface area contributed by atoms with Gasteiger partial charge in [-0.3, -0.25) is 4.79 Å². The van der Waals surface area contributed by atoms with Crippen molar-refractivity contribution in [2.45, 2.75) is 40.3 Å². The lowest BCUT2D eigenvalue weighted by atomic mass is 10.1. The summed E-state index contributed by atoms with van der Waals surface area (Å²) in [5, 5.41) is 11.6. The number of hydrogen-bond acceptors (Lipinski definition) is 3. The molecule has 0 fully saturated rings. The Morgan fingerprint density at radius 3 is 2.81 bits per heavy atom. The minimum atomic E-state index is -0.263. The molecular formula is C21H25N3OS. The maximum atomic E-state index is 12.9. The van der Waals surface area contributed by atoms with Gasteiger partial charge >= 0.3 is 0 Å². The molecule has 2 rings (SSSR count). The molecule has 4 nitrogen and oxygen atoms in total. The summed E-state index contributed by atoms with van der Waals surface area (Å²) in [6.45, 7) is 11.8. The number of carbonyl (C=O) groups is 1. The van der Waals surface area contributed by atoms with E-state index in [2.05, 4.69) is 31.1 Å².